The van der Waals surface area contributed by atoms with Crippen molar-refractivity contribution in [1.82, 2.24) is 0 Å². The number of hydrogen-bond acceptors (Lipinski definition) is 3. The first-order chi connectivity index (χ1) is 9.02. The van der Waals surface area contributed by atoms with E-state index < -0.39 is 5.60 Å². The number of nitriles is 1. The molecule has 1 aromatic carbocycles. The first kappa shape index (κ1) is 13.9. The minimum absolute atomic E-state index is 0.523. The lowest BCUT2D eigenvalue weighted by Crippen LogP contribution is -2.41. The maximum Gasteiger partial charge on any atom is 0.101 e. The molecule has 1 fully saturated rings. The van der Waals surface area contributed by atoms with Crippen LogP contribution in [-0.4, -0.2) is 17.3 Å². The van der Waals surface area contributed by atoms with E-state index in [0.29, 0.717) is 18.0 Å². The second-order valence-electron chi connectivity index (χ2n) is 5.94. The maximum atomic E-state index is 10.6. The van der Waals surface area contributed by atoms with Crippen LogP contribution < -0.4 is 5.32 Å². The largest absolute Gasteiger partial charge is 0.388 e. The molecule has 3 heteroatoms. The molecule has 0 radical (unpaired) electrons. The molecular weight excluding hydrogens is 236 g/mol. The summed E-state index contributed by atoms with van der Waals surface area (Å²) < 4.78 is 0. The Kier molecular flexibility index (Phi) is 4.11. The number of rotatable bonds is 3. The topological polar surface area (TPSA) is 56.0 Å². The zero-order valence-corrected chi connectivity index (χ0v) is 11.7. The number of anilines is 1. The summed E-state index contributed by atoms with van der Waals surface area (Å²) in [6.45, 7) is 4.72. The first-order valence-corrected chi connectivity index (χ1v) is 6.99. The van der Waals surface area contributed by atoms with Crippen molar-refractivity contribution in [3.63, 3.8) is 0 Å². The fraction of sp³-hybridized carbons (Fsp3) is 0.562. The summed E-state index contributed by atoms with van der Waals surface area (Å²) >= 11 is 0. The van der Waals surface area contributed by atoms with Gasteiger partial charge in [0.2, 0.25) is 0 Å². The van der Waals surface area contributed by atoms with E-state index in [1.54, 1.807) is 0 Å². The standard InChI is InChI=1S/C16H22N2O/c1-12-5-6-14(10-17)15(8-12)18-11-16(19)7-3-4-13(2)9-16/h5-6,8,13,18-19H,3-4,7,9,11H2,1-2H3. The summed E-state index contributed by atoms with van der Waals surface area (Å²) in [6, 6.07) is 7.91. The van der Waals surface area contributed by atoms with E-state index in [9.17, 15) is 5.11 Å². The molecule has 2 atom stereocenters. The Morgan fingerprint density at radius 2 is 2.32 bits per heavy atom. The highest BCUT2D eigenvalue weighted by atomic mass is 16.3. The lowest BCUT2D eigenvalue weighted by Gasteiger charge is -2.36. The summed E-state index contributed by atoms with van der Waals surface area (Å²) in [7, 11) is 0. The molecule has 1 aliphatic carbocycles. The zero-order valence-electron chi connectivity index (χ0n) is 11.7. The molecule has 0 amide bonds. The van der Waals surface area contributed by atoms with Gasteiger partial charge in [-0.3, -0.25) is 0 Å². The maximum absolute atomic E-state index is 10.6. The monoisotopic (exact) mass is 258 g/mol. The predicted octanol–water partition coefficient (Wildman–Crippen LogP) is 3.22. The van der Waals surface area contributed by atoms with Crippen LogP contribution in [0.3, 0.4) is 0 Å². The van der Waals surface area contributed by atoms with E-state index >= 15 is 0 Å². The van der Waals surface area contributed by atoms with Gasteiger partial charge in [0.05, 0.1) is 16.9 Å². The molecule has 0 bridgehead atoms. The lowest BCUT2D eigenvalue weighted by molar-refractivity contribution is -0.000765. The molecule has 2 rings (SSSR count). The first-order valence-electron chi connectivity index (χ1n) is 6.99. The van der Waals surface area contributed by atoms with Gasteiger partial charge in [-0.05, 0) is 43.4 Å². The Morgan fingerprint density at radius 1 is 1.53 bits per heavy atom. The molecule has 102 valence electrons. The lowest BCUT2D eigenvalue weighted by atomic mass is 9.79. The zero-order chi connectivity index (χ0) is 13.9. The fourth-order valence-corrected chi connectivity index (χ4v) is 2.95. The van der Waals surface area contributed by atoms with E-state index in [1.165, 1.54) is 6.42 Å². The fourth-order valence-electron chi connectivity index (χ4n) is 2.95. The van der Waals surface area contributed by atoms with Crippen LogP contribution >= 0.6 is 0 Å². The van der Waals surface area contributed by atoms with Gasteiger partial charge in [-0.25, -0.2) is 0 Å². The molecule has 0 aromatic heterocycles. The van der Waals surface area contributed by atoms with Crippen LogP contribution in [0.5, 0.6) is 0 Å². The van der Waals surface area contributed by atoms with Crippen LogP contribution in [0.25, 0.3) is 0 Å². The Bertz CT molecular complexity index is 492. The van der Waals surface area contributed by atoms with Crippen molar-refractivity contribution in [2.24, 2.45) is 5.92 Å². The van der Waals surface area contributed by atoms with Gasteiger partial charge in [-0.15, -0.1) is 0 Å². The third-order valence-corrected chi connectivity index (χ3v) is 3.97. The van der Waals surface area contributed by atoms with E-state index in [4.69, 9.17) is 5.26 Å². The van der Waals surface area contributed by atoms with Crippen LogP contribution in [0.2, 0.25) is 0 Å². The van der Waals surface area contributed by atoms with Crippen molar-refractivity contribution in [1.29, 1.82) is 5.26 Å². The van der Waals surface area contributed by atoms with Gasteiger partial charge >= 0.3 is 0 Å². The average molecular weight is 258 g/mol. The minimum Gasteiger partial charge on any atom is -0.388 e. The van der Waals surface area contributed by atoms with Crippen LogP contribution in [0.4, 0.5) is 5.69 Å². The molecule has 0 aliphatic heterocycles. The Hall–Kier alpha value is -1.53. The van der Waals surface area contributed by atoms with Gasteiger partial charge in [-0.1, -0.05) is 25.8 Å². The number of aliphatic hydroxyl groups is 1. The Labute approximate surface area is 115 Å². The smallest absolute Gasteiger partial charge is 0.101 e. The SMILES string of the molecule is Cc1ccc(C#N)c(NCC2(O)CCCC(C)C2)c1. The van der Waals surface area contributed by atoms with Crippen LogP contribution in [-0.2, 0) is 0 Å². The number of aryl methyl sites for hydroxylation is 1. The van der Waals surface area contributed by atoms with Crippen molar-refractivity contribution >= 4 is 5.69 Å². The average Bonchev–Trinajstić information content (AvgIpc) is 2.36. The van der Waals surface area contributed by atoms with Gasteiger partial charge in [-0.2, -0.15) is 5.26 Å². The molecule has 3 nitrogen and oxygen atoms in total. The minimum atomic E-state index is -0.631. The molecular formula is C16H22N2O. The van der Waals surface area contributed by atoms with E-state index in [1.807, 2.05) is 25.1 Å². The highest BCUT2D eigenvalue weighted by Crippen LogP contribution is 2.32. The van der Waals surface area contributed by atoms with Gasteiger partial charge in [0.15, 0.2) is 0 Å². The number of benzene rings is 1. The molecule has 1 aliphatic rings. The predicted molar refractivity (Wildman–Crippen MR) is 77.0 cm³/mol. The number of nitrogens with one attached hydrogen (secondary N) is 1. The molecule has 0 spiro atoms. The summed E-state index contributed by atoms with van der Waals surface area (Å²) in [5.74, 6) is 0.577. The third-order valence-electron chi connectivity index (χ3n) is 3.97. The van der Waals surface area contributed by atoms with Crippen molar-refractivity contribution in [2.45, 2.75) is 45.1 Å². The number of hydrogen-bond donors (Lipinski definition) is 2. The molecule has 1 aromatic rings. The van der Waals surface area contributed by atoms with Gasteiger partial charge < -0.3 is 10.4 Å². The van der Waals surface area contributed by atoms with E-state index in [0.717, 1.165) is 30.5 Å². The summed E-state index contributed by atoms with van der Waals surface area (Å²) in [6.07, 6.45) is 3.97. The van der Waals surface area contributed by atoms with Crippen molar-refractivity contribution < 1.29 is 5.11 Å². The number of nitrogens with zero attached hydrogens (tertiary/aromatic N) is 1. The van der Waals surface area contributed by atoms with Crippen LogP contribution in [0, 0.1) is 24.2 Å². The second kappa shape index (κ2) is 5.63. The Balaban J connectivity index is 2.06. The molecule has 19 heavy (non-hydrogen) atoms. The Morgan fingerprint density at radius 3 is 3.00 bits per heavy atom. The highest BCUT2D eigenvalue weighted by Gasteiger charge is 2.32. The second-order valence-corrected chi connectivity index (χ2v) is 5.94. The molecule has 1 saturated carbocycles. The quantitative estimate of drug-likeness (QED) is 0.875. The van der Waals surface area contributed by atoms with E-state index in [2.05, 4.69) is 18.3 Å². The van der Waals surface area contributed by atoms with Crippen LogP contribution in [0.15, 0.2) is 18.2 Å². The third kappa shape index (κ3) is 3.48. The molecule has 2 N–H and O–H groups in total. The van der Waals surface area contributed by atoms with Gasteiger partial charge in [0.25, 0.3) is 0 Å². The van der Waals surface area contributed by atoms with Crippen molar-refractivity contribution in [3.8, 4) is 6.07 Å². The van der Waals surface area contributed by atoms with Gasteiger partial charge in [0, 0.05) is 6.54 Å². The van der Waals surface area contributed by atoms with Crippen molar-refractivity contribution in [3.05, 3.63) is 29.3 Å². The molecule has 0 saturated heterocycles. The molecule has 2 unspecified atom stereocenters. The summed E-state index contributed by atoms with van der Waals surface area (Å²) in [5, 5.41) is 23.0. The van der Waals surface area contributed by atoms with Crippen LogP contribution in [0.1, 0.15) is 43.7 Å². The highest BCUT2D eigenvalue weighted by molar-refractivity contribution is 5.58. The molecule has 0 heterocycles. The van der Waals surface area contributed by atoms with Crippen molar-refractivity contribution in [2.75, 3.05) is 11.9 Å². The van der Waals surface area contributed by atoms with Gasteiger partial charge in [0.1, 0.15) is 6.07 Å². The van der Waals surface area contributed by atoms with E-state index in [-0.39, 0.29) is 0 Å². The summed E-state index contributed by atoms with van der Waals surface area (Å²) in [5.41, 5.74) is 1.95. The normalized spacial score (nSPS) is 26.7. The summed E-state index contributed by atoms with van der Waals surface area (Å²) in [4.78, 5) is 0.